The van der Waals surface area contributed by atoms with Gasteiger partial charge in [0.1, 0.15) is 0 Å². The molecule has 0 bridgehead atoms. The molecule has 0 aromatic heterocycles. The molecule has 0 heterocycles. The highest BCUT2D eigenvalue weighted by Crippen LogP contribution is 2.24. The summed E-state index contributed by atoms with van der Waals surface area (Å²) in [4.78, 5) is 0. The summed E-state index contributed by atoms with van der Waals surface area (Å²) in [6.07, 6.45) is 11.7. The number of rotatable bonds is 2. The average molecular weight is 349 g/mol. The van der Waals surface area contributed by atoms with E-state index in [1.165, 1.54) is 56.1 Å². The molecule has 0 aliphatic heterocycles. The van der Waals surface area contributed by atoms with E-state index in [1.54, 1.807) is 11.1 Å². The lowest BCUT2D eigenvalue weighted by molar-refractivity contribution is 0.339. The minimum absolute atomic E-state index is 0.373. The fourth-order valence-corrected chi connectivity index (χ4v) is 4.87. The first-order chi connectivity index (χ1) is 12.8. The largest absolute Gasteiger partial charge is 0.327 e. The highest BCUT2D eigenvalue weighted by atomic mass is 15.0. The van der Waals surface area contributed by atoms with Gasteiger partial charge in [-0.25, -0.2) is 0 Å². The van der Waals surface area contributed by atoms with Crippen molar-refractivity contribution in [1.82, 2.24) is 5.32 Å². The summed E-state index contributed by atoms with van der Waals surface area (Å²) in [6.45, 7) is 0. The molecule has 2 nitrogen and oxygen atoms in total. The Bertz CT molecular complexity index is 668. The van der Waals surface area contributed by atoms with Crippen molar-refractivity contribution in [3.63, 3.8) is 0 Å². The van der Waals surface area contributed by atoms with Gasteiger partial charge >= 0.3 is 0 Å². The van der Waals surface area contributed by atoms with Gasteiger partial charge in [0.05, 0.1) is 0 Å². The third kappa shape index (κ3) is 4.36. The predicted molar refractivity (Wildman–Crippen MR) is 109 cm³/mol. The van der Waals surface area contributed by atoms with Crippen molar-refractivity contribution in [1.29, 1.82) is 0 Å². The molecule has 0 saturated heterocycles. The lowest BCUT2D eigenvalue weighted by atomic mass is 9.94. The highest BCUT2D eigenvalue weighted by molar-refractivity contribution is 5.34. The maximum absolute atomic E-state index is 5.78. The lowest BCUT2D eigenvalue weighted by Crippen LogP contribution is -2.39. The SMILES string of the molecule is NC1Cc2ccccc2C1.c1ccc2c(c1)CC(NC1CCCCC1)C2. The standard InChI is InChI=1S/C15H21N.C9H11N/c1-2-8-14(9-3-1)16-15-10-12-6-4-5-7-13(12)11-15;10-9-5-7-3-1-2-4-8(7)6-9/h4-7,14-16H,1-3,8-11H2;1-4,9H,5-6,10H2. The molecule has 1 fully saturated rings. The number of benzene rings is 2. The van der Waals surface area contributed by atoms with Crippen LogP contribution in [0.5, 0.6) is 0 Å². The fourth-order valence-electron chi connectivity index (χ4n) is 4.87. The minimum Gasteiger partial charge on any atom is -0.327 e. The van der Waals surface area contributed by atoms with Crippen molar-refractivity contribution in [2.45, 2.75) is 75.9 Å². The zero-order valence-corrected chi connectivity index (χ0v) is 15.8. The van der Waals surface area contributed by atoms with E-state index in [-0.39, 0.29) is 0 Å². The van der Waals surface area contributed by atoms with E-state index in [1.807, 2.05) is 0 Å². The molecule has 2 aromatic rings. The van der Waals surface area contributed by atoms with Gasteiger partial charge in [-0.2, -0.15) is 0 Å². The van der Waals surface area contributed by atoms with Crippen molar-refractivity contribution < 1.29 is 0 Å². The predicted octanol–water partition coefficient (Wildman–Crippen LogP) is 4.19. The first kappa shape index (κ1) is 17.8. The maximum Gasteiger partial charge on any atom is 0.0151 e. The van der Waals surface area contributed by atoms with Gasteiger partial charge < -0.3 is 11.1 Å². The van der Waals surface area contributed by atoms with Crippen LogP contribution < -0.4 is 11.1 Å². The first-order valence-corrected chi connectivity index (χ1v) is 10.4. The molecule has 0 spiro atoms. The van der Waals surface area contributed by atoms with Crippen molar-refractivity contribution in [3.8, 4) is 0 Å². The van der Waals surface area contributed by atoms with E-state index in [0.717, 1.165) is 18.9 Å². The van der Waals surface area contributed by atoms with Gasteiger partial charge in [-0.05, 0) is 60.8 Å². The molecule has 0 radical (unpaired) electrons. The second kappa shape index (κ2) is 8.37. The summed E-state index contributed by atoms with van der Waals surface area (Å²) in [7, 11) is 0. The summed E-state index contributed by atoms with van der Waals surface area (Å²) in [5.74, 6) is 0. The number of nitrogens with two attached hydrogens (primary N) is 1. The first-order valence-electron chi connectivity index (χ1n) is 10.4. The van der Waals surface area contributed by atoms with Crippen LogP contribution >= 0.6 is 0 Å². The third-order valence-corrected chi connectivity index (χ3v) is 6.21. The quantitative estimate of drug-likeness (QED) is 0.854. The molecule has 0 atom stereocenters. The molecule has 3 N–H and O–H groups in total. The van der Waals surface area contributed by atoms with Gasteiger partial charge in [-0.1, -0.05) is 67.8 Å². The molecule has 5 rings (SSSR count). The molecule has 1 saturated carbocycles. The number of hydrogen-bond donors (Lipinski definition) is 2. The van der Waals surface area contributed by atoms with Crippen LogP contribution in [0.3, 0.4) is 0 Å². The molecule has 3 aliphatic carbocycles. The van der Waals surface area contributed by atoms with Gasteiger partial charge in [0.2, 0.25) is 0 Å². The van der Waals surface area contributed by atoms with E-state index in [9.17, 15) is 0 Å². The van der Waals surface area contributed by atoms with Crippen molar-refractivity contribution in [2.75, 3.05) is 0 Å². The average Bonchev–Trinajstić information content (AvgIpc) is 3.24. The van der Waals surface area contributed by atoms with Gasteiger partial charge in [0.15, 0.2) is 0 Å². The molecule has 3 aliphatic rings. The molecule has 2 heteroatoms. The number of nitrogens with one attached hydrogen (secondary N) is 1. The Morgan fingerprint density at radius 2 is 1.08 bits per heavy atom. The van der Waals surface area contributed by atoms with Crippen LogP contribution in [-0.2, 0) is 25.7 Å². The maximum atomic E-state index is 5.78. The molecule has 0 unspecified atom stereocenters. The zero-order chi connectivity index (χ0) is 17.8. The molecule has 0 amide bonds. The second-order valence-electron chi connectivity index (χ2n) is 8.31. The normalized spacial score (nSPS) is 20.3. The number of hydrogen-bond acceptors (Lipinski definition) is 2. The van der Waals surface area contributed by atoms with E-state index >= 15 is 0 Å². The van der Waals surface area contributed by atoms with E-state index < -0.39 is 0 Å². The smallest absolute Gasteiger partial charge is 0.0151 e. The Labute approximate surface area is 158 Å². The summed E-state index contributed by atoms with van der Waals surface area (Å²) in [5, 5.41) is 3.86. The summed E-state index contributed by atoms with van der Waals surface area (Å²) in [5.41, 5.74) is 11.8. The Morgan fingerprint density at radius 1 is 0.615 bits per heavy atom. The Morgan fingerprint density at radius 3 is 1.58 bits per heavy atom. The van der Waals surface area contributed by atoms with Crippen LogP contribution in [0, 0.1) is 0 Å². The van der Waals surface area contributed by atoms with Crippen molar-refractivity contribution >= 4 is 0 Å². The zero-order valence-electron chi connectivity index (χ0n) is 15.8. The molecule has 138 valence electrons. The molecular weight excluding hydrogens is 316 g/mol. The lowest BCUT2D eigenvalue weighted by Gasteiger charge is -2.26. The van der Waals surface area contributed by atoms with Crippen LogP contribution in [0.25, 0.3) is 0 Å². The van der Waals surface area contributed by atoms with Crippen LogP contribution in [0.2, 0.25) is 0 Å². The van der Waals surface area contributed by atoms with Gasteiger partial charge in [0.25, 0.3) is 0 Å². The Kier molecular flexibility index (Phi) is 5.72. The van der Waals surface area contributed by atoms with Crippen LogP contribution in [-0.4, -0.2) is 18.1 Å². The van der Waals surface area contributed by atoms with Gasteiger partial charge in [-0.15, -0.1) is 0 Å². The fraction of sp³-hybridized carbons (Fsp3) is 0.500. The van der Waals surface area contributed by atoms with E-state index in [0.29, 0.717) is 12.1 Å². The van der Waals surface area contributed by atoms with E-state index in [4.69, 9.17) is 5.73 Å². The monoisotopic (exact) mass is 348 g/mol. The Balaban J connectivity index is 0.000000144. The summed E-state index contributed by atoms with van der Waals surface area (Å²) in [6, 6.07) is 19.3. The summed E-state index contributed by atoms with van der Waals surface area (Å²) < 4.78 is 0. The van der Waals surface area contributed by atoms with Crippen molar-refractivity contribution in [2.24, 2.45) is 5.73 Å². The molecule has 2 aromatic carbocycles. The second-order valence-corrected chi connectivity index (χ2v) is 8.31. The topological polar surface area (TPSA) is 38.0 Å². The minimum atomic E-state index is 0.373. The van der Waals surface area contributed by atoms with Gasteiger partial charge in [0, 0.05) is 18.1 Å². The van der Waals surface area contributed by atoms with E-state index in [2.05, 4.69) is 53.8 Å². The number of fused-ring (bicyclic) bond motifs is 2. The van der Waals surface area contributed by atoms with Crippen LogP contribution in [0.15, 0.2) is 48.5 Å². The Hall–Kier alpha value is -1.64. The molecular formula is C24H32N2. The van der Waals surface area contributed by atoms with Crippen LogP contribution in [0.4, 0.5) is 0 Å². The van der Waals surface area contributed by atoms with Gasteiger partial charge in [-0.3, -0.25) is 0 Å². The van der Waals surface area contributed by atoms with Crippen LogP contribution in [0.1, 0.15) is 54.4 Å². The summed E-state index contributed by atoms with van der Waals surface area (Å²) >= 11 is 0. The molecule has 26 heavy (non-hydrogen) atoms. The van der Waals surface area contributed by atoms with Crippen molar-refractivity contribution in [3.05, 3.63) is 70.8 Å². The highest BCUT2D eigenvalue weighted by Gasteiger charge is 2.24. The third-order valence-electron chi connectivity index (χ3n) is 6.21.